The first-order chi connectivity index (χ1) is 8.42. The second-order valence-electron chi connectivity index (χ2n) is 4.95. The van der Waals surface area contributed by atoms with E-state index in [9.17, 15) is 0 Å². The third kappa shape index (κ3) is 2.46. The number of aryl methyl sites for hydroxylation is 1. The van der Waals surface area contributed by atoms with Gasteiger partial charge in [-0.15, -0.1) is 0 Å². The lowest BCUT2D eigenvalue weighted by molar-refractivity contribution is 0.337. The fraction of sp³-hybridized carbons (Fsp3) is 0.615. The molecule has 0 bridgehead atoms. The molecule has 0 aliphatic heterocycles. The maximum Gasteiger partial charge on any atom is 0.197 e. The Morgan fingerprint density at radius 2 is 1.94 bits per heavy atom. The molecule has 0 radical (unpaired) electrons. The zero-order chi connectivity index (χ0) is 11.5. The summed E-state index contributed by atoms with van der Waals surface area (Å²) in [6.07, 6.45) is 12.7. The number of fused-ring (bicyclic) bond motifs is 1. The molecule has 0 atom stereocenters. The van der Waals surface area contributed by atoms with Gasteiger partial charge in [-0.25, -0.2) is 15.0 Å². The van der Waals surface area contributed by atoms with Crippen molar-refractivity contribution in [2.45, 2.75) is 44.9 Å². The van der Waals surface area contributed by atoms with Crippen LogP contribution in [0.5, 0.6) is 0 Å². The van der Waals surface area contributed by atoms with Crippen LogP contribution in [0.15, 0.2) is 12.4 Å². The highest BCUT2D eigenvalue weighted by Crippen LogP contribution is 2.27. The monoisotopic (exact) mass is 230 g/mol. The zero-order valence-electron chi connectivity index (χ0n) is 10.0. The molecule has 90 valence electrons. The van der Waals surface area contributed by atoms with Crippen LogP contribution in [-0.4, -0.2) is 19.9 Å². The van der Waals surface area contributed by atoms with E-state index in [-0.39, 0.29) is 0 Å². The van der Waals surface area contributed by atoms with Crippen molar-refractivity contribution in [2.24, 2.45) is 5.92 Å². The van der Waals surface area contributed by atoms with E-state index in [1.807, 2.05) is 0 Å². The molecule has 0 saturated heterocycles. The average molecular weight is 230 g/mol. The molecule has 1 saturated carbocycles. The molecule has 1 N–H and O–H groups in total. The standard InChI is InChI=1S/C13H18N4/c1-2-4-10(5-3-1)6-7-11-16-12-13(17-11)15-9-8-14-12/h8-10H,1-7H2,(H,14,15,16,17). The van der Waals surface area contributed by atoms with Crippen LogP contribution in [0.25, 0.3) is 11.3 Å². The van der Waals surface area contributed by atoms with Crippen LogP contribution in [0.1, 0.15) is 44.3 Å². The molecule has 17 heavy (non-hydrogen) atoms. The van der Waals surface area contributed by atoms with Gasteiger partial charge >= 0.3 is 0 Å². The molecule has 2 aromatic heterocycles. The van der Waals surface area contributed by atoms with Gasteiger partial charge in [-0.2, -0.15) is 0 Å². The van der Waals surface area contributed by atoms with Gasteiger partial charge in [-0.1, -0.05) is 32.1 Å². The van der Waals surface area contributed by atoms with E-state index in [2.05, 4.69) is 19.9 Å². The fourth-order valence-corrected chi connectivity index (χ4v) is 2.73. The van der Waals surface area contributed by atoms with Crippen LogP contribution in [0, 0.1) is 5.92 Å². The van der Waals surface area contributed by atoms with Crippen molar-refractivity contribution in [3.8, 4) is 0 Å². The number of rotatable bonds is 3. The van der Waals surface area contributed by atoms with Crippen LogP contribution in [-0.2, 0) is 6.42 Å². The van der Waals surface area contributed by atoms with E-state index in [1.165, 1.54) is 38.5 Å². The largest absolute Gasteiger partial charge is 0.325 e. The summed E-state index contributed by atoms with van der Waals surface area (Å²) in [5.41, 5.74) is 1.55. The van der Waals surface area contributed by atoms with Crippen LogP contribution in [0.2, 0.25) is 0 Å². The van der Waals surface area contributed by atoms with E-state index in [0.29, 0.717) is 0 Å². The predicted octanol–water partition coefficient (Wildman–Crippen LogP) is 2.87. The van der Waals surface area contributed by atoms with Gasteiger partial charge in [-0.3, -0.25) is 0 Å². The Bertz CT molecular complexity index is 452. The first-order valence-corrected chi connectivity index (χ1v) is 6.57. The lowest BCUT2D eigenvalue weighted by Gasteiger charge is -2.20. The molecule has 4 heteroatoms. The van der Waals surface area contributed by atoms with Gasteiger partial charge in [0.25, 0.3) is 0 Å². The average Bonchev–Trinajstić information content (AvgIpc) is 2.80. The maximum absolute atomic E-state index is 4.47. The molecule has 4 nitrogen and oxygen atoms in total. The summed E-state index contributed by atoms with van der Waals surface area (Å²) in [5.74, 6) is 1.94. The summed E-state index contributed by atoms with van der Waals surface area (Å²) in [5, 5.41) is 0. The van der Waals surface area contributed by atoms with E-state index < -0.39 is 0 Å². The van der Waals surface area contributed by atoms with Crippen molar-refractivity contribution in [2.75, 3.05) is 0 Å². The summed E-state index contributed by atoms with van der Waals surface area (Å²) < 4.78 is 0. The highest BCUT2D eigenvalue weighted by molar-refractivity contribution is 5.64. The quantitative estimate of drug-likeness (QED) is 0.882. The van der Waals surface area contributed by atoms with Crippen molar-refractivity contribution in [3.63, 3.8) is 0 Å². The van der Waals surface area contributed by atoms with E-state index in [4.69, 9.17) is 0 Å². The van der Waals surface area contributed by atoms with Gasteiger partial charge in [0.05, 0.1) is 0 Å². The number of hydrogen-bond acceptors (Lipinski definition) is 3. The fourth-order valence-electron chi connectivity index (χ4n) is 2.73. The van der Waals surface area contributed by atoms with Crippen molar-refractivity contribution in [1.29, 1.82) is 0 Å². The van der Waals surface area contributed by atoms with Gasteiger partial charge < -0.3 is 4.98 Å². The summed E-state index contributed by atoms with van der Waals surface area (Å²) >= 11 is 0. The first-order valence-electron chi connectivity index (χ1n) is 6.57. The molecule has 0 aromatic carbocycles. The van der Waals surface area contributed by atoms with Gasteiger partial charge in [0.2, 0.25) is 0 Å². The molecule has 0 spiro atoms. The molecule has 1 aliphatic carbocycles. The Morgan fingerprint density at radius 3 is 2.76 bits per heavy atom. The van der Waals surface area contributed by atoms with E-state index >= 15 is 0 Å². The van der Waals surface area contributed by atoms with Crippen LogP contribution in [0.4, 0.5) is 0 Å². The zero-order valence-corrected chi connectivity index (χ0v) is 10.0. The normalized spacial score (nSPS) is 17.6. The lowest BCUT2D eigenvalue weighted by atomic mass is 9.86. The Balaban J connectivity index is 1.64. The molecule has 2 aromatic rings. The third-order valence-electron chi connectivity index (χ3n) is 3.70. The number of imidazole rings is 1. The van der Waals surface area contributed by atoms with Crippen LogP contribution >= 0.6 is 0 Å². The summed E-state index contributed by atoms with van der Waals surface area (Å²) in [6, 6.07) is 0. The minimum Gasteiger partial charge on any atom is -0.325 e. The molecule has 3 rings (SSSR count). The number of nitrogens with one attached hydrogen (secondary N) is 1. The number of aromatic nitrogens is 4. The number of nitrogens with zero attached hydrogens (tertiary/aromatic N) is 3. The smallest absolute Gasteiger partial charge is 0.197 e. The second kappa shape index (κ2) is 4.82. The molecule has 1 aliphatic rings. The molecule has 0 amide bonds. The molecular weight excluding hydrogens is 212 g/mol. The topological polar surface area (TPSA) is 54.5 Å². The van der Waals surface area contributed by atoms with Crippen molar-refractivity contribution in [3.05, 3.63) is 18.2 Å². The molecule has 2 heterocycles. The Kier molecular flexibility index (Phi) is 3.03. The van der Waals surface area contributed by atoms with Gasteiger partial charge in [-0.05, 0) is 12.3 Å². The third-order valence-corrected chi connectivity index (χ3v) is 3.70. The maximum atomic E-state index is 4.47. The van der Waals surface area contributed by atoms with Gasteiger partial charge in [0, 0.05) is 18.8 Å². The van der Waals surface area contributed by atoms with Crippen LogP contribution < -0.4 is 0 Å². The van der Waals surface area contributed by atoms with Gasteiger partial charge in [0.15, 0.2) is 11.3 Å². The van der Waals surface area contributed by atoms with Crippen molar-refractivity contribution in [1.82, 2.24) is 19.9 Å². The highest BCUT2D eigenvalue weighted by Gasteiger charge is 2.14. The molecular formula is C13H18N4. The minimum absolute atomic E-state index is 0.742. The Labute approximate surface area is 101 Å². The highest BCUT2D eigenvalue weighted by atomic mass is 15.0. The summed E-state index contributed by atoms with van der Waals surface area (Å²) in [6.45, 7) is 0. The number of aromatic amines is 1. The Morgan fingerprint density at radius 1 is 1.12 bits per heavy atom. The van der Waals surface area contributed by atoms with E-state index in [1.54, 1.807) is 12.4 Å². The minimum atomic E-state index is 0.742. The second-order valence-corrected chi connectivity index (χ2v) is 4.95. The van der Waals surface area contributed by atoms with Crippen molar-refractivity contribution < 1.29 is 0 Å². The number of H-pyrrole nitrogens is 1. The molecule has 0 unspecified atom stereocenters. The van der Waals surface area contributed by atoms with Crippen LogP contribution in [0.3, 0.4) is 0 Å². The van der Waals surface area contributed by atoms with E-state index in [0.717, 1.165) is 29.5 Å². The summed E-state index contributed by atoms with van der Waals surface area (Å²) in [4.78, 5) is 16.1. The lowest BCUT2D eigenvalue weighted by Crippen LogP contribution is -2.07. The number of hydrogen-bond donors (Lipinski definition) is 1. The van der Waals surface area contributed by atoms with Crippen molar-refractivity contribution >= 4 is 11.3 Å². The summed E-state index contributed by atoms with van der Waals surface area (Å²) in [7, 11) is 0. The molecule has 1 fully saturated rings. The first kappa shape index (κ1) is 10.7. The Hall–Kier alpha value is -1.45. The van der Waals surface area contributed by atoms with Gasteiger partial charge in [0.1, 0.15) is 5.82 Å². The SMILES string of the molecule is c1cnc2[nH]c(CCC3CCCCC3)nc2n1. The predicted molar refractivity (Wildman–Crippen MR) is 66.6 cm³/mol.